The molecule has 9 heteroatoms. The van der Waals surface area contributed by atoms with Crippen molar-refractivity contribution in [2.24, 2.45) is 11.3 Å². The van der Waals surface area contributed by atoms with Crippen LogP contribution < -0.4 is 10.2 Å². The summed E-state index contributed by atoms with van der Waals surface area (Å²) in [5.74, 6) is -1.28. The molecule has 5 nitrogen and oxygen atoms in total. The minimum Gasteiger partial charge on any atom is -0.365 e. The zero-order valence-electron chi connectivity index (χ0n) is 25.3. The van der Waals surface area contributed by atoms with E-state index in [0.29, 0.717) is 31.7 Å². The minimum absolute atomic E-state index is 0.00163. The van der Waals surface area contributed by atoms with Gasteiger partial charge in [-0.1, -0.05) is 51.0 Å². The van der Waals surface area contributed by atoms with Gasteiger partial charge in [-0.2, -0.15) is 11.8 Å². The van der Waals surface area contributed by atoms with E-state index in [0.717, 1.165) is 86.6 Å². The normalized spacial score (nSPS) is 26.2. The molecule has 1 N–H and O–H groups in total. The first-order chi connectivity index (χ1) is 20.8. The zero-order valence-corrected chi connectivity index (χ0v) is 26.1. The molecule has 8 bridgehead atoms. The number of fused-ring (bicyclic) bond motifs is 9. The van der Waals surface area contributed by atoms with Gasteiger partial charge in [-0.05, 0) is 86.7 Å². The number of hydrogen-bond acceptors (Lipinski definition) is 6. The lowest BCUT2D eigenvalue weighted by molar-refractivity contribution is -0.0880. The highest BCUT2D eigenvalue weighted by atomic mass is 32.2. The average molecular weight is 612 g/mol. The molecule has 232 valence electrons. The van der Waals surface area contributed by atoms with Crippen molar-refractivity contribution in [3.8, 4) is 0 Å². The van der Waals surface area contributed by atoms with Gasteiger partial charge in [0, 0.05) is 30.3 Å². The van der Waals surface area contributed by atoms with Gasteiger partial charge in [0.25, 0.3) is 5.92 Å². The highest BCUT2D eigenvalue weighted by molar-refractivity contribution is 7.99. The van der Waals surface area contributed by atoms with E-state index in [1.165, 1.54) is 18.0 Å². The number of nitrogens with zero attached hydrogens (tertiary/aromatic N) is 4. The van der Waals surface area contributed by atoms with Crippen LogP contribution in [0.2, 0.25) is 0 Å². The summed E-state index contributed by atoms with van der Waals surface area (Å²) in [5, 5.41) is 3.30. The fourth-order valence-electron chi connectivity index (χ4n) is 7.26. The first-order valence-corrected chi connectivity index (χ1v) is 17.2. The number of anilines is 2. The van der Waals surface area contributed by atoms with Crippen LogP contribution in [0.1, 0.15) is 81.4 Å². The second-order valence-corrected chi connectivity index (χ2v) is 14.2. The van der Waals surface area contributed by atoms with Crippen molar-refractivity contribution < 1.29 is 13.2 Å². The van der Waals surface area contributed by atoms with Gasteiger partial charge in [0.15, 0.2) is 0 Å². The molecule has 0 radical (unpaired) electrons. The van der Waals surface area contributed by atoms with Crippen LogP contribution in [0.5, 0.6) is 0 Å². The van der Waals surface area contributed by atoms with Crippen LogP contribution >= 0.6 is 11.8 Å². The summed E-state index contributed by atoms with van der Waals surface area (Å²) in [6.07, 6.45) is 12.1. The van der Waals surface area contributed by atoms with Crippen LogP contribution in [0.15, 0.2) is 42.4 Å². The van der Waals surface area contributed by atoms with Crippen molar-refractivity contribution in [2.45, 2.75) is 77.2 Å². The van der Waals surface area contributed by atoms with E-state index in [1.807, 2.05) is 11.8 Å². The number of halogens is 3. The molecule has 5 aliphatic rings. The number of alkyl halides is 2. The predicted molar refractivity (Wildman–Crippen MR) is 171 cm³/mol. The third-order valence-corrected chi connectivity index (χ3v) is 11.1. The van der Waals surface area contributed by atoms with Crippen LogP contribution in [-0.4, -0.2) is 52.6 Å². The van der Waals surface area contributed by atoms with Gasteiger partial charge in [0.1, 0.15) is 23.8 Å². The molecular weight excluding hydrogens is 567 g/mol. The van der Waals surface area contributed by atoms with Crippen molar-refractivity contribution >= 4 is 29.5 Å². The van der Waals surface area contributed by atoms with E-state index >= 15 is 13.2 Å². The van der Waals surface area contributed by atoms with E-state index in [9.17, 15) is 0 Å². The van der Waals surface area contributed by atoms with Crippen molar-refractivity contribution in [2.75, 3.05) is 47.9 Å². The summed E-state index contributed by atoms with van der Waals surface area (Å²) in [5.41, 5.74) is 2.81. The molecular formula is C34H44F3N5S. The predicted octanol–water partition coefficient (Wildman–Crippen LogP) is 8.25. The van der Waals surface area contributed by atoms with Crippen LogP contribution in [0.3, 0.4) is 0 Å². The van der Waals surface area contributed by atoms with Crippen LogP contribution in [0, 0.1) is 17.2 Å². The molecule has 1 aromatic carbocycles. The van der Waals surface area contributed by atoms with Crippen molar-refractivity contribution in [1.82, 2.24) is 14.9 Å². The Labute approximate surface area is 258 Å². The van der Waals surface area contributed by atoms with E-state index in [2.05, 4.69) is 39.7 Å². The summed E-state index contributed by atoms with van der Waals surface area (Å²) < 4.78 is 47.3. The molecule has 7 rings (SSSR count). The SMILES string of the molecule is C=C1C(C2(C)CCSCC2)=Cc2c3ncnc2N1CCCCCCCN1CCC(CC1)C(F)(F)c1cccc(c1F)CN3. The number of nitrogens with one attached hydrogen (secondary N) is 1. The van der Waals surface area contributed by atoms with Gasteiger partial charge in [0.05, 0.1) is 11.1 Å². The fourth-order valence-corrected chi connectivity index (χ4v) is 8.65. The highest BCUT2D eigenvalue weighted by Gasteiger charge is 2.45. The summed E-state index contributed by atoms with van der Waals surface area (Å²) >= 11 is 2.00. The minimum atomic E-state index is -3.22. The van der Waals surface area contributed by atoms with Crippen LogP contribution in [-0.2, 0) is 12.5 Å². The third-order valence-electron chi connectivity index (χ3n) is 10.1. The van der Waals surface area contributed by atoms with Crippen molar-refractivity contribution in [1.29, 1.82) is 0 Å². The van der Waals surface area contributed by atoms with E-state index in [4.69, 9.17) is 4.98 Å². The Kier molecular flexibility index (Phi) is 9.11. The number of hydrogen-bond donors (Lipinski definition) is 1. The number of thioether (sulfide) groups is 1. The number of benzene rings is 1. The Balaban J connectivity index is 1.36. The van der Waals surface area contributed by atoms with Gasteiger partial charge < -0.3 is 15.1 Å². The van der Waals surface area contributed by atoms with Crippen molar-refractivity contribution in [3.63, 3.8) is 0 Å². The molecule has 0 atom stereocenters. The summed E-state index contributed by atoms with van der Waals surface area (Å²) in [4.78, 5) is 13.8. The highest BCUT2D eigenvalue weighted by Crippen LogP contribution is 2.49. The Hall–Kier alpha value is -2.52. The molecule has 5 aliphatic heterocycles. The Bertz CT molecular complexity index is 1350. The first-order valence-electron chi connectivity index (χ1n) is 16.0. The summed E-state index contributed by atoms with van der Waals surface area (Å²) in [6.45, 7) is 10.0. The molecule has 2 saturated heterocycles. The molecule has 43 heavy (non-hydrogen) atoms. The molecule has 0 unspecified atom stereocenters. The lowest BCUT2D eigenvalue weighted by Crippen LogP contribution is -2.40. The lowest BCUT2D eigenvalue weighted by atomic mass is 9.74. The maximum atomic E-state index is 15.8. The largest absolute Gasteiger partial charge is 0.365 e. The molecule has 0 amide bonds. The smallest absolute Gasteiger partial charge is 0.278 e. The third kappa shape index (κ3) is 6.21. The van der Waals surface area contributed by atoms with E-state index in [1.54, 1.807) is 12.1 Å². The van der Waals surface area contributed by atoms with E-state index in [-0.39, 0.29) is 17.5 Å². The van der Waals surface area contributed by atoms with Crippen LogP contribution in [0.4, 0.5) is 24.8 Å². The number of rotatable bonds is 1. The summed E-state index contributed by atoms with van der Waals surface area (Å²) in [6, 6.07) is 4.40. The topological polar surface area (TPSA) is 44.3 Å². The van der Waals surface area contributed by atoms with E-state index < -0.39 is 23.2 Å². The lowest BCUT2D eigenvalue weighted by Gasteiger charge is -2.42. The van der Waals surface area contributed by atoms with Gasteiger partial charge >= 0.3 is 0 Å². The quantitative estimate of drug-likeness (QED) is 0.350. The summed E-state index contributed by atoms with van der Waals surface area (Å²) in [7, 11) is 0. The van der Waals surface area contributed by atoms with Gasteiger partial charge in [-0.15, -0.1) is 0 Å². The Morgan fingerprint density at radius 2 is 1.70 bits per heavy atom. The molecule has 0 aliphatic carbocycles. The monoisotopic (exact) mass is 611 g/mol. The standard InChI is InChI=1S/C34H44F3N5S/c1-24-29(33(2)13-19-43-20-14-33)21-27-31-38-22-25-9-8-10-28(30(25)35)34(36,37)26-11-17-41(18-12-26)15-6-4-3-5-7-16-42(24)32(27)40-23-39-31/h8-10,21,23,26H,1,3-7,11-20,22H2,2H3,(H,38,39,40). The Morgan fingerprint density at radius 3 is 2.47 bits per heavy atom. The Morgan fingerprint density at radius 1 is 0.977 bits per heavy atom. The molecule has 2 aromatic rings. The maximum Gasteiger partial charge on any atom is 0.278 e. The molecule has 0 saturated carbocycles. The zero-order chi connectivity index (χ0) is 30.0. The molecule has 0 spiro atoms. The first kappa shape index (κ1) is 30.5. The second-order valence-electron chi connectivity index (χ2n) is 12.9. The average Bonchev–Trinajstić information content (AvgIpc) is 3.00. The number of piperidine rings is 1. The fraction of sp³-hybridized carbons (Fsp3) is 0.588. The molecule has 6 heterocycles. The van der Waals surface area contributed by atoms with Crippen LogP contribution in [0.25, 0.3) is 6.08 Å². The van der Waals surface area contributed by atoms with Gasteiger partial charge in [0.2, 0.25) is 0 Å². The molecule has 1 aromatic heterocycles. The molecule has 2 fully saturated rings. The van der Waals surface area contributed by atoms with Gasteiger partial charge in [-0.25, -0.2) is 23.1 Å². The van der Waals surface area contributed by atoms with Gasteiger partial charge in [-0.3, -0.25) is 0 Å². The second kappa shape index (κ2) is 12.8. The maximum absolute atomic E-state index is 15.8. The number of aromatic nitrogens is 2. The number of allylic oxidation sites excluding steroid dienone is 1. The van der Waals surface area contributed by atoms with Crippen molar-refractivity contribution in [3.05, 3.63) is 64.9 Å².